The average molecular weight is 192 g/mol. The highest BCUT2D eigenvalue weighted by atomic mass is 16.3. The molecule has 1 heterocycles. The lowest BCUT2D eigenvalue weighted by Gasteiger charge is -2.39. The van der Waals surface area contributed by atoms with Gasteiger partial charge in [-0.3, -0.25) is 9.88 Å². The molecule has 2 rings (SSSR count). The van der Waals surface area contributed by atoms with Crippen LogP contribution in [-0.4, -0.2) is 34.2 Å². The van der Waals surface area contributed by atoms with Gasteiger partial charge in [-0.15, -0.1) is 0 Å². The molecule has 1 saturated carbocycles. The van der Waals surface area contributed by atoms with Gasteiger partial charge in [-0.05, 0) is 37.6 Å². The molecule has 1 aliphatic rings. The topological polar surface area (TPSA) is 36.4 Å². The third-order valence-corrected chi connectivity index (χ3v) is 2.95. The standard InChI is InChI=1S/C11H16N2O/c1-13(10-2-3-11(10)14)8-9-4-6-12-7-5-9/h4-7,10-11,14H,2-3,8H2,1H3. The fraction of sp³-hybridized carbons (Fsp3) is 0.545. The molecule has 3 heteroatoms. The third kappa shape index (κ3) is 1.94. The number of hydrogen-bond donors (Lipinski definition) is 1. The minimum atomic E-state index is -0.123. The zero-order valence-corrected chi connectivity index (χ0v) is 8.43. The van der Waals surface area contributed by atoms with E-state index in [0.717, 1.165) is 19.4 Å². The van der Waals surface area contributed by atoms with Crippen LogP contribution < -0.4 is 0 Å². The van der Waals surface area contributed by atoms with E-state index >= 15 is 0 Å². The summed E-state index contributed by atoms with van der Waals surface area (Å²) in [5.41, 5.74) is 1.25. The fourth-order valence-corrected chi connectivity index (χ4v) is 1.87. The molecule has 0 saturated heterocycles. The van der Waals surface area contributed by atoms with Gasteiger partial charge in [-0.2, -0.15) is 0 Å². The minimum Gasteiger partial charge on any atom is -0.391 e. The van der Waals surface area contributed by atoms with Crippen molar-refractivity contribution in [2.75, 3.05) is 7.05 Å². The van der Waals surface area contributed by atoms with Crippen molar-refractivity contribution in [2.45, 2.75) is 31.5 Å². The molecular weight excluding hydrogens is 176 g/mol. The Hall–Kier alpha value is -0.930. The highest BCUT2D eigenvalue weighted by Crippen LogP contribution is 2.25. The summed E-state index contributed by atoms with van der Waals surface area (Å²) >= 11 is 0. The summed E-state index contributed by atoms with van der Waals surface area (Å²) in [6.45, 7) is 0.893. The summed E-state index contributed by atoms with van der Waals surface area (Å²) in [6, 6.07) is 4.38. The second-order valence-corrected chi connectivity index (χ2v) is 3.98. The Kier molecular flexibility index (Phi) is 2.79. The Labute approximate surface area is 84.4 Å². The molecule has 14 heavy (non-hydrogen) atoms. The Morgan fingerprint density at radius 3 is 2.64 bits per heavy atom. The highest BCUT2D eigenvalue weighted by Gasteiger charge is 2.31. The van der Waals surface area contributed by atoms with Crippen molar-refractivity contribution < 1.29 is 5.11 Å². The van der Waals surface area contributed by atoms with E-state index in [1.54, 1.807) is 12.4 Å². The lowest BCUT2D eigenvalue weighted by atomic mass is 9.88. The Morgan fingerprint density at radius 1 is 1.43 bits per heavy atom. The van der Waals surface area contributed by atoms with E-state index < -0.39 is 0 Å². The maximum absolute atomic E-state index is 9.50. The first kappa shape index (κ1) is 9.62. The molecule has 0 bridgehead atoms. The zero-order valence-electron chi connectivity index (χ0n) is 8.43. The number of aliphatic hydroxyl groups is 1. The van der Waals surface area contributed by atoms with Crippen LogP contribution in [0.4, 0.5) is 0 Å². The summed E-state index contributed by atoms with van der Waals surface area (Å²) in [6.07, 6.45) is 5.55. The van der Waals surface area contributed by atoms with Crippen LogP contribution >= 0.6 is 0 Å². The first-order valence-electron chi connectivity index (χ1n) is 5.04. The van der Waals surface area contributed by atoms with Crippen LogP contribution in [-0.2, 0) is 6.54 Å². The molecule has 76 valence electrons. The summed E-state index contributed by atoms with van der Waals surface area (Å²) in [4.78, 5) is 6.19. The smallest absolute Gasteiger partial charge is 0.0696 e. The van der Waals surface area contributed by atoms with Crippen molar-refractivity contribution in [3.8, 4) is 0 Å². The van der Waals surface area contributed by atoms with E-state index in [0.29, 0.717) is 6.04 Å². The lowest BCUT2D eigenvalue weighted by molar-refractivity contribution is -0.0130. The zero-order chi connectivity index (χ0) is 9.97. The van der Waals surface area contributed by atoms with Gasteiger partial charge in [0, 0.05) is 25.0 Å². The Bertz CT molecular complexity index is 289. The predicted octanol–water partition coefficient (Wildman–Crippen LogP) is 1.04. The lowest BCUT2D eigenvalue weighted by Crippen LogP contribution is -2.48. The molecule has 0 radical (unpaired) electrons. The van der Waals surface area contributed by atoms with Crippen LogP contribution in [0.3, 0.4) is 0 Å². The van der Waals surface area contributed by atoms with Crippen LogP contribution in [0, 0.1) is 0 Å². The number of likely N-dealkylation sites (N-methyl/N-ethyl adjacent to an activating group) is 1. The predicted molar refractivity (Wildman–Crippen MR) is 54.7 cm³/mol. The first-order chi connectivity index (χ1) is 6.77. The van der Waals surface area contributed by atoms with E-state index in [2.05, 4.69) is 16.9 Å². The molecule has 2 unspecified atom stereocenters. The molecule has 0 spiro atoms. The van der Waals surface area contributed by atoms with Gasteiger partial charge in [-0.1, -0.05) is 0 Å². The summed E-state index contributed by atoms with van der Waals surface area (Å²) in [5.74, 6) is 0. The van der Waals surface area contributed by atoms with Crippen molar-refractivity contribution in [1.29, 1.82) is 0 Å². The van der Waals surface area contributed by atoms with Gasteiger partial charge in [0.25, 0.3) is 0 Å². The average Bonchev–Trinajstić information content (AvgIpc) is 2.17. The van der Waals surface area contributed by atoms with Crippen LogP contribution in [0.15, 0.2) is 24.5 Å². The molecule has 1 aromatic heterocycles. The Balaban J connectivity index is 1.91. The molecule has 0 aromatic carbocycles. The van der Waals surface area contributed by atoms with E-state index in [4.69, 9.17) is 0 Å². The van der Waals surface area contributed by atoms with Crippen LogP contribution in [0.25, 0.3) is 0 Å². The number of hydrogen-bond acceptors (Lipinski definition) is 3. The normalized spacial score (nSPS) is 26.2. The van der Waals surface area contributed by atoms with Crippen molar-refractivity contribution in [1.82, 2.24) is 9.88 Å². The highest BCUT2D eigenvalue weighted by molar-refractivity contribution is 5.09. The minimum absolute atomic E-state index is 0.123. The molecule has 0 amide bonds. The fourth-order valence-electron chi connectivity index (χ4n) is 1.87. The number of pyridine rings is 1. The Morgan fingerprint density at radius 2 is 2.14 bits per heavy atom. The van der Waals surface area contributed by atoms with Crippen LogP contribution in [0.5, 0.6) is 0 Å². The van der Waals surface area contributed by atoms with Crippen LogP contribution in [0.1, 0.15) is 18.4 Å². The van der Waals surface area contributed by atoms with Gasteiger partial charge in [0.1, 0.15) is 0 Å². The maximum Gasteiger partial charge on any atom is 0.0696 e. The van der Waals surface area contributed by atoms with E-state index in [1.165, 1.54) is 5.56 Å². The molecule has 3 nitrogen and oxygen atoms in total. The first-order valence-corrected chi connectivity index (χ1v) is 5.04. The van der Waals surface area contributed by atoms with Gasteiger partial charge in [0.05, 0.1) is 6.10 Å². The molecule has 1 N–H and O–H groups in total. The van der Waals surface area contributed by atoms with Gasteiger partial charge < -0.3 is 5.11 Å². The molecule has 1 aliphatic carbocycles. The second kappa shape index (κ2) is 4.07. The second-order valence-electron chi connectivity index (χ2n) is 3.98. The number of nitrogens with zero attached hydrogens (tertiary/aromatic N) is 2. The van der Waals surface area contributed by atoms with Crippen molar-refractivity contribution in [2.24, 2.45) is 0 Å². The van der Waals surface area contributed by atoms with Crippen molar-refractivity contribution in [3.63, 3.8) is 0 Å². The summed E-state index contributed by atoms with van der Waals surface area (Å²) < 4.78 is 0. The van der Waals surface area contributed by atoms with Gasteiger partial charge >= 0.3 is 0 Å². The van der Waals surface area contributed by atoms with Crippen molar-refractivity contribution in [3.05, 3.63) is 30.1 Å². The van der Waals surface area contributed by atoms with E-state index in [1.807, 2.05) is 12.1 Å². The molecule has 1 aromatic rings. The van der Waals surface area contributed by atoms with Gasteiger partial charge in [0.2, 0.25) is 0 Å². The third-order valence-electron chi connectivity index (χ3n) is 2.95. The SMILES string of the molecule is CN(Cc1ccncc1)C1CCC1O. The monoisotopic (exact) mass is 192 g/mol. The number of aromatic nitrogens is 1. The van der Waals surface area contributed by atoms with E-state index in [9.17, 15) is 5.11 Å². The maximum atomic E-state index is 9.50. The van der Waals surface area contributed by atoms with Crippen LogP contribution in [0.2, 0.25) is 0 Å². The summed E-state index contributed by atoms with van der Waals surface area (Å²) in [7, 11) is 2.06. The van der Waals surface area contributed by atoms with E-state index in [-0.39, 0.29) is 6.10 Å². The van der Waals surface area contributed by atoms with Crippen molar-refractivity contribution >= 4 is 0 Å². The number of rotatable bonds is 3. The van der Waals surface area contributed by atoms with Gasteiger partial charge in [0.15, 0.2) is 0 Å². The quantitative estimate of drug-likeness (QED) is 0.777. The van der Waals surface area contributed by atoms with Gasteiger partial charge in [-0.25, -0.2) is 0 Å². The molecule has 2 atom stereocenters. The largest absolute Gasteiger partial charge is 0.391 e. The molecule has 1 fully saturated rings. The molecular formula is C11H16N2O. The summed E-state index contributed by atoms with van der Waals surface area (Å²) in [5, 5.41) is 9.50. The number of aliphatic hydroxyl groups excluding tert-OH is 1. The molecule has 0 aliphatic heterocycles.